The predicted octanol–water partition coefficient (Wildman–Crippen LogP) is 2.45. The van der Waals surface area contributed by atoms with E-state index in [2.05, 4.69) is 15.6 Å². The Kier molecular flexibility index (Phi) is 8.23. The third-order valence-corrected chi connectivity index (χ3v) is 5.05. The number of carbonyl (C=O) groups is 2. The van der Waals surface area contributed by atoms with Gasteiger partial charge in [0.15, 0.2) is 0 Å². The third kappa shape index (κ3) is 7.25. The van der Waals surface area contributed by atoms with Crippen molar-refractivity contribution >= 4 is 12.0 Å². The average molecular weight is 427 g/mol. The molecule has 0 aliphatic carbocycles. The van der Waals surface area contributed by atoms with Crippen molar-refractivity contribution in [1.82, 2.24) is 20.2 Å². The second kappa shape index (κ2) is 11.3. The normalized spacial score (nSPS) is 20.0. The lowest BCUT2D eigenvalue weighted by molar-refractivity contribution is -0.124. The molecule has 2 N–H and O–H groups in total. The van der Waals surface area contributed by atoms with Crippen LogP contribution < -0.4 is 10.6 Å². The van der Waals surface area contributed by atoms with E-state index in [4.69, 9.17) is 9.47 Å². The summed E-state index contributed by atoms with van der Waals surface area (Å²) in [6.07, 6.45) is 7.15. The topological polar surface area (TPSA) is 94.5 Å². The van der Waals surface area contributed by atoms with Gasteiger partial charge in [0.25, 0.3) is 0 Å². The van der Waals surface area contributed by atoms with E-state index in [0.29, 0.717) is 25.5 Å². The number of amides is 2. The first-order chi connectivity index (χ1) is 15.0. The first-order valence-electron chi connectivity index (χ1n) is 10.5. The minimum Gasteiger partial charge on any atom is -0.445 e. The van der Waals surface area contributed by atoms with Crippen LogP contribution in [-0.2, 0) is 33.8 Å². The maximum absolute atomic E-state index is 13.0. The van der Waals surface area contributed by atoms with Gasteiger partial charge < -0.3 is 24.7 Å². The highest BCUT2D eigenvalue weighted by Gasteiger charge is 2.26. The van der Waals surface area contributed by atoms with Gasteiger partial charge in [-0.3, -0.25) is 4.79 Å². The Morgan fingerprint density at radius 1 is 1.32 bits per heavy atom. The smallest absolute Gasteiger partial charge is 0.408 e. The van der Waals surface area contributed by atoms with Crippen LogP contribution in [0.5, 0.6) is 0 Å². The zero-order chi connectivity index (χ0) is 22.1. The minimum atomic E-state index is -0.814. The van der Waals surface area contributed by atoms with Gasteiger partial charge in [-0.25, -0.2) is 9.78 Å². The van der Waals surface area contributed by atoms with Crippen LogP contribution in [0.4, 0.5) is 4.79 Å². The number of fused-ring (bicyclic) bond motifs is 2. The second-order valence-corrected chi connectivity index (χ2v) is 7.89. The fourth-order valence-electron chi connectivity index (χ4n) is 3.15. The first-order valence-corrected chi connectivity index (χ1v) is 10.5. The molecule has 8 heteroatoms. The number of hydrogen-bond acceptors (Lipinski definition) is 5. The SMILES string of the molecule is CC(C)[C@H]1COCC=CCn2cnc(c2)C[C@@H](NC(=O)OCc2ccccc2)C(=O)N1. The molecule has 0 saturated heterocycles. The minimum absolute atomic E-state index is 0.129. The van der Waals surface area contributed by atoms with E-state index in [1.165, 1.54) is 0 Å². The molecule has 2 atom stereocenters. The number of carbonyl (C=O) groups excluding carboxylic acids is 2. The third-order valence-electron chi connectivity index (χ3n) is 5.05. The van der Waals surface area contributed by atoms with Gasteiger partial charge in [0.05, 0.1) is 31.3 Å². The number of aromatic nitrogens is 2. The first kappa shape index (κ1) is 22.6. The number of imidazole rings is 1. The summed E-state index contributed by atoms with van der Waals surface area (Å²) in [7, 11) is 0. The summed E-state index contributed by atoms with van der Waals surface area (Å²) < 4.78 is 12.9. The van der Waals surface area contributed by atoms with E-state index in [9.17, 15) is 9.59 Å². The average Bonchev–Trinajstić information content (AvgIpc) is 3.20. The number of rotatable bonds is 4. The predicted molar refractivity (Wildman–Crippen MR) is 116 cm³/mol. The Morgan fingerprint density at radius 3 is 2.90 bits per heavy atom. The van der Waals surface area contributed by atoms with E-state index < -0.39 is 12.1 Å². The van der Waals surface area contributed by atoms with Gasteiger partial charge in [0.2, 0.25) is 5.91 Å². The summed E-state index contributed by atoms with van der Waals surface area (Å²) in [5.74, 6) is -0.119. The van der Waals surface area contributed by atoms with Crippen molar-refractivity contribution in [3.05, 3.63) is 66.3 Å². The van der Waals surface area contributed by atoms with Crippen LogP contribution in [0, 0.1) is 5.92 Å². The molecule has 1 aliphatic heterocycles. The molecule has 0 radical (unpaired) electrons. The van der Waals surface area contributed by atoms with E-state index in [-0.39, 0.29) is 30.9 Å². The molecule has 3 rings (SSSR count). The Labute approximate surface area is 182 Å². The van der Waals surface area contributed by atoms with E-state index in [0.717, 1.165) is 5.56 Å². The zero-order valence-corrected chi connectivity index (χ0v) is 18.0. The van der Waals surface area contributed by atoms with Gasteiger partial charge in [-0.15, -0.1) is 0 Å². The Bertz CT molecular complexity index is 879. The molecule has 2 aromatic rings. The summed E-state index contributed by atoms with van der Waals surface area (Å²) in [6, 6.07) is 8.40. The molecular weight excluding hydrogens is 396 g/mol. The molecule has 8 nitrogen and oxygen atoms in total. The summed E-state index contributed by atoms with van der Waals surface area (Å²) in [6.45, 7) is 5.69. The molecule has 2 bridgehead atoms. The fourth-order valence-corrected chi connectivity index (χ4v) is 3.15. The monoisotopic (exact) mass is 426 g/mol. The molecule has 0 fully saturated rings. The number of benzene rings is 1. The van der Waals surface area contributed by atoms with Crippen molar-refractivity contribution in [3.8, 4) is 0 Å². The number of ether oxygens (including phenoxy) is 2. The van der Waals surface area contributed by atoms with Gasteiger partial charge >= 0.3 is 6.09 Å². The Morgan fingerprint density at radius 2 is 2.13 bits per heavy atom. The van der Waals surface area contributed by atoms with E-state index in [1.807, 2.05) is 67.1 Å². The highest BCUT2D eigenvalue weighted by atomic mass is 16.5. The summed E-state index contributed by atoms with van der Waals surface area (Å²) >= 11 is 0. The molecule has 166 valence electrons. The summed E-state index contributed by atoms with van der Waals surface area (Å²) in [5.41, 5.74) is 1.59. The molecule has 2 heterocycles. The van der Waals surface area contributed by atoms with Crippen LogP contribution in [0.3, 0.4) is 0 Å². The lowest BCUT2D eigenvalue weighted by Crippen LogP contribution is -2.53. The number of hydrogen-bond donors (Lipinski definition) is 2. The van der Waals surface area contributed by atoms with Crippen LogP contribution in [-0.4, -0.2) is 46.8 Å². The van der Waals surface area contributed by atoms with Gasteiger partial charge in [0.1, 0.15) is 12.6 Å². The Balaban J connectivity index is 1.71. The molecule has 0 spiro atoms. The van der Waals surface area contributed by atoms with Crippen LogP contribution in [0.25, 0.3) is 0 Å². The molecule has 31 heavy (non-hydrogen) atoms. The second-order valence-electron chi connectivity index (χ2n) is 7.89. The quantitative estimate of drug-likeness (QED) is 0.733. The van der Waals surface area contributed by atoms with Gasteiger partial charge in [0, 0.05) is 19.2 Å². The zero-order valence-electron chi connectivity index (χ0n) is 18.0. The van der Waals surface area contributed by atoms with Crippen molar-refractivity contribution in [2.24, 2.45) is 5.92 Å². The largest absolute Gasteiger partial charge is 0.445 e. The number of alkyl carbamates (subject to hydrolysis) is 1. The number of allylic oxidation sites excluding steroid dienone is 1. The van der Waals surface area contributed by atoms with Crippen LogP contribution in [0.1, 0.15) is 25.1 Å². The lowest BCUT2D eigenvalue weighted by Gasteiger charge is -2.25. The van der Waals surface area contributed by atoms with Crippen molar-refractivity contribution in [3.63, 3.8) is 0 Å². The van der Waals surface area contributed by atoms with Gasteiger partial charge in [-0.1, -0.05) is 56.3 Å². The summed E-state index contributed by atoms with van der Waals surface area (Å²) in [5, 5.41) is 5.71. The van der Waals surface area contributed by atoms with Crippen LogP contribution in [0.15, 0.2) is 55.0 Å². The molecular formula is C23H30N4O4. The standard InChI is InChI=1S/C23H30N4O4/c1-17(2)21-15-30-11-7-6-10-27-13-19(24-16-27)12-20(22(28)25-21)26-23(29)31-14-18-8-4-3-5-9-18/h3-9,13,16-17,20-21H,10-12,14-15H2,1-2H3,(H,25,28)(H,26,29)/t20-,21-/m1/s1. The number of nitrogens with zero attached hydrogens (tertiary/aromatic N) is 2. The highest BCUT2D eigenvalue weighted by Crippen LogP contribution is 2.08. The maximum Gasteiger partial charge on any atom is 0.408 e. The molecule has 0 saturated carbocycles. The van der Waals surface area contributed by atoms with Crippen molar-refractivity contribution < 1.29 is 19.1 Å². The van der Waals surface area contributed by atoms with Crippen LogP contribution in [0.2, 0.25) is 0 Å². The molecule has 2 amide bonds. The molecule has 1 aromatic carbocycles. The maximum atomic E-state index is 13.0. The van der Waals surface area contributed by atoms with E-state index in [1.54, 1.807) is 6.33 Å². The van der Waals surface area contributed by atoms with Crippen molar-refractivity contribution in [2.75, 3.05) is 13.2 Å². The van der Waals surface area contributed by atoms with Crippen LogP contribution >= 0.6 is 0 Å². The van der Waals surface area contributed by atoms with Gasteiger partial charge in [-0.2, -0.15) is 0 Å². The van der Waals surface area contributed by atoms with E-state index >= 15 is 0 Å². The Hall–Kier alpha value is -3.13. The molecule has 0 unspecified atom stereocenters. The van der Waals surface area contributed by atoms with Crippen molar-refractivity contribution in [2.45, 2.75) is 45.5 Å². The fraction of sp³-hybridized carbons (Fsp3) is 0.435. The van der Waals surface area contributed by atoms with Crippen molar-refractivity contribution in [1.29, 1.82) is 0 Å². The highest BCUT2D eigenvalue weighted by molar-refractivity contribution is 5.86. The summed E-state index contributed by atoms with van der Waals surface area (Å²) in [4.78, 5) is 29.8. The number of nitrogens with one attached hydrogen (secondary N) is 2. The molecule has 1 aromatic heterocycles. The molecule has 1 aliphatic rings. The van der Waals surface area contributed by atoms with Gasteiger partial charge in [-0.05, 0) is 11.5 Å². The lowest BCUT2D eigenvalue weighted by atomic mass is 10.0.